The number of aromatic nitrogens is 2. The van der Waals surface area contributed by atoms with Crippen LogP contribution in [-0.2, 0) is 0 Å². The lowest BCUT2D eigenvalue weighted by atomic mass is 9.97. The second-order valence-corrected chi connectivity index (χ2v) is 11.4. The van der Waals surface area contributed by atoms with Gasteiger partial charge in [0, 0.05) is 27.2 Å². The van der Waals surface area contributed by atoms with Crippen molar-refractivity contribution in [3.8, 4) is 34.0 Å². The summed E-state index contributed by atoms with van der Waals surface area (Å²) >= 11 is 0. The van der Waals surface area contributed by atoms with Gasteiger partial charge >= 0.3 is 0 Å². The van der Waals surface area contributed by atoms with Crippen molar-refractivity contribution in [2.24, 2.45) is 0 Å². The smallest absolute Gasteiger partial charge is 0.152 e. The number of benzene rings is 7. The number of fused-ring (bicyclic) bond motifs is 9. The third-order valence-corrected chi connectivity index (χ3v) is 9.07. The highest BCUT2D eigenvalue weighted by Gasteiger charge is 2.24. The molecule has 0 saturated carbocycles. The van der Waals surface area contributed by atoms with Gasteiger partial charge in [0.05, 0.1) is 27.8 Å². The molecule has 43 heavy (non-hydrogen) atoms. The van der Waals surface area contributed by atoms with Crippen LogP contribution in [0.15, 0.2) is 146 Å². The molecule has 0 aliphatic carbocycles. The Balaban J connectivity index is 1.18. The summed E-state index contributed by atoms with van der Waals surface area (Å²) in [5.74, 6) is 1.78. The zero-order chi connectivity index (χ0) is 28.1. The molecule has 3 heteroatoms. The van der Waals surface area contributed by atoms with Gasteiger partial charge in [0.25, 0.3) is 0 Å². The third kappa shape index (κ3) is 3.08. The van der Waals surface area contributed by atoms with Crippen molar-refractivity contribution in [3.63, 3.8) is 0 Å². The summed E-state index contributed by atoms with van der Waals surface area (Å²) in [5, 5.41) is 7.46. The number of ether oxygens (including phenoxy) is 1. The minimum absolute atomic E-state index is 0.884. The van der Waals surface area contributed by atoms with Gasteiger partial charge in [-0.2, -0.15) is 0 Å². The number of hydrogen-bond acceptors (Lipinski definition) is 1. The van der Waals surface area contributed by atoms with Crippen LogP contribution in [0.2, 0.25) is 0 Å². The summed E-state index contributed by atoms with van der Waals surface area (Å²) in [7, 11) is 0. The summed E-state index contributed by atoms with van der Waals surface area (Å²) in [6.07, 6.45) is 0. The Hall–Kier alpha value is -5.80. The summed E-state index contributed by atoms with van der Waals surface area (Å²) < 4.78 is 11.1. The fourth-order valence-electron chi connectivity index (χ4n) is 7.24. The summed E-state index contributed by atoms with van der Waals surface area (Å²) in [4.78, 5) is 0. The molecule has 0 fully saturated rings. The molecule has 0 N–H and O–H groups in total. The van der Waals surface area contributed by atoms with E-state index in [0.29, 0.717) is 0 Å². The van der Waals surface area contributed by atoms with Crippen LogP contribution in [0.4, 0.5) is 0 Å². The van der Waals surface area contributed by atoms with Gasteiger partial charge in [-0.15, -0.1) is 0 Å². The second-order valence-electron chi connectivity index (χ2n) is 11.4. The van der Waals surface area contributed by atoms with Gasteiger partial charge in [-0.1, -0.05) is 91.0 Å². The van der Waals surface area contributed by atoms with E-state index in [1.54, 1.807) is 0 Å². The first-order chi connectivity index (χ1) is 21.3. The average molecular weight is 549 g/mol. The van der Waals surface area contributed by atoms with Gasteiger partial charge in [-0.3, -0.25) is 0 Å². The molecule has 10 rings (SSSR count). The zero-order valence-electron chi connectivity index (χ0n) is 23.2. The molecule has 0 bridgehead atoms. The quantitative estimate of drug-likeness (QED) is 0.210. The van der Waals surface area contributed by atoms with E-state index in [1.165, 1.54) is 65.7 Å². The molecule has 0 radical (unpaired) electrons. The van der Waals surface area contributed by atoms with Crippen molar-refractivity contribution in [2.75, 3.05) is 0 Å². The van der Waals surface area contributed by atoms with Crippen LogP contribution in [0.5, 0.6) is 11.5 Å². The first kappa shape index (κ1) is 22.8. The Bertz CT molecular complexity index is 2550. The van der Waals surface area contributed by atoms with E-state index in [4.69, 9.17) is 4.74 Å². The van der Waals surface area contributed by atoms with Gasteiger partial charge in [-0.05, 0) is 76.5 Å². The Morgan fingerprint density at radius 3 is 1.95 bits per heavy atom. The van der Waals surface area contributed by atoms with Gasteiger partial charge < -0.3 is 13.9 Å². The molecule has 0 saturated heterocycles. The van der Waals surface area contributed by atoms with Gasteiger partial charge in [-0.25, -0.2) is 0 Å². The molecular weight excluding hydrogens is 524 g/mol. The van der Waals surface area contributed by atoms with Crippen LogP contribution in [0.25, 0.3) is 76.9 Å². The Kier molecular flexibility index (Phi) is 4.45. The number of rotatable bonds is 2. The molecule has 0 spiro atoms. The second kappa shape index (κ2) is 8.37. The molecule has 0 unspecified atom stereocenters. The maximum absolute atomic E-state index is 6.35. The lowest BCUT2D eigenvalue weighted by Gasteiger charge is -2.20. The standard InChI is InChI=1S/C40H24N2O/c1-3-13-33-30(9-1)31-10-2-4-14-34(31)41(33)28-22-21-25-23-27(20-19-26(25)24-28)29-11-7-16-36-39(29)32-12-8-18-38-40(32)42(36)35-15-5-6-17-37(35)43-38/h1-24H. The fourth-order valence-corrected chi connectivity index (χ4v) is 7.24. The average Bonchev–Trinajstić information content (AvgIpc) is 3.59. The number of para-hydroxylation sites is 5. The van der Waals surface area contributed by atoms with E-state index in [1.807, 2.05) is 12.1 Å². The highest BCUT2D eigenvalue weighted by molar-refractivity contribution is 6.18. The first-order valence-corrected chi connectivity index (χ1v) is 14.7. The maximum atomic E-state index is 6.35. The Morgan fingerprint density at radius 1 is 0.442 bits per heavy atom. The van der Waals surface area contributed by atoms with Crippen LogP contribution < -0.4 is 4.74 Å². The molecule has 200 valence electrons. The summed E-state index contributed by atoms with van der Waals surface area (Å²) in [6.45, 7) is 0. The van der Waals surface area contributed by atoms with Crippen LogP contribution in [0.3, 0.4) is 0 Å². The van der Waals surface area contributed by atoms with Crippen molar-refractivity contribution >= 4 is 54.4 Å². The molecule has 1 aliphatic heterocycles. The number of hydrogen-bond donors (Lipinski definition) is 0. The van der Waals surface area contributed by atoms with Crippen molar-refractivity contribution in [3.05, 3.63) is 146 Å². The normalized spacial score (nSPS) is 12.4. The van der Waals surface area contributed by atoms with Gasteiger partial charge in [0.15, 0.2) is 11.5 Å². The van der Waals surface area contributed by atoms with E-state index >= 15 is 0 Å². The first-order valence-electron chi connectivity index (χ1n) is 14.7. The van der Waals surface area contributed by atoms with Crippen molar-refractivity contribution < 1.29 is 4.74 Å². The molecule has 0 atom stereocenters. The summed E-state index contributed by atoms with van der Waals surface area (Å²) in [5.41, 5.74) is 9.46. The highest BCUT2D eigenvalue weighted by atomic mass is 16.5. The minimum atomic E-state index is 0.884. The van der Waals surface area contributed by atoms with E-state index in [9.17, 15) is 0 Å². The highest BCUT2D eigenvalue weighted by Crippen LogP contribution is 2.47. The predicted molar refractivity (Wildman–Crippen MR) is 178 cm³/mol. The largest absolute Gasteiger partial charge is 0.453 e. The third-order valence-electron chi connectivity index (χ3n) is 9.07. The number of nitrogens with zero attached hydrogens (tertiary/aromatic N) is 2. The van der Waals surface area contributed by atoms with Crippen LogP contribution in [0.1, 0.15) is 0 Å². The molecule has 2 aromatic heterocycles. The van der Waals surface area contributed by atoms with Crippen LogP contribution in [-0.4, -0.2) is 9.13 Å². The van der Waals surface area contributed by atoms with Crippen LogP contribution >= 0.6 is 0 Å². The molecular formula is C40H24N2O. The van der Waals surface area contributed by atoms with E-state index < -0.39 is 0 Å². The minimum Gasteiger partial charge on any atom is -0.453 e. The lowest BCUT2D eigenvalue weighted by Crippen LogP contribution is -2.03. The molecule has 3 nitrogen and oxygen atoms in total. The van der Waals surface area contributed by atoms with E-state index in [-0.39, 0.29) is 0 Å². The Labute approximate surface area is 247 Å². The summed E-state index contributed by atoms with van der Waals surface area (Å²) in [6, 6.07) is 52.4. The molecule has 3 heterocycles. The Morgan fingerprint density at radius 2 is 1.09 bits per heavy atom. The van der Waals surface area contributed by atoms with E-state index in [2.05, 4.69) is 143 Å². The molecule has 9 aromatic rings. The van der Waals surface area contributed by atoms with E-state index in [0.717, 1.165) is 22.7 Å². The van der Waals surface area contributed by atoms with Crippen LogP contribution in [0, 0.1) is 0 Å². The SMILES string of the molecule is c1ccc2c(c1)Oc1cccc3c4c(-c5ccc6cc(-n7c8ccccc8c8ccccc87)ccc6c5)cccc4n-2c13. The van der Waals surface area contributed by atoms with Gasteiger partial charge in [0.2, 0.25) is 0 Å². The van der Waals surface area contributed by atoms with Crippen molar-refractivity contribution in [1.29, 1.82) is 0 Å². The molecule has 1 aliphatic rings. The van der Waals surface area contributed by atoms with Crippen molar-refractivity contribution in [2.45, 2.75) is 0 Å². The topological polar surface area (TPSA) is 19.1 Å². The van der Waals surface area contributed by atoms with Gasteiger partial charge in [0.1, 0.15) is 0 Å². The monoisotopic (exact) mass is 548 g/mol. The lowest BCUT2D eigenvalue weighted by molar-refractivity contribution is 0.476. The van der Waals surface area contributed by atoms with Crippen molar-refractivity contribution in [1.82, 2.24) is 9.13 Å². The fraction of sp³-hybridized carbons (Fsp3) is 0. The predicted octanol–water partition coefficient (Wildman–Crippen LogP) is 10.8. The molecule has 7 aromatic carbocycles. The maximum Gasteiger partial charge on any atom is 0.152 e. The zero-order valence-corrected chi connectivity index (χ0v) is 23.2. The molecule has 0 amide bonds.